The molecule has 0 saturated carbocycles. The van der Waals surface area contributed by atoms with Crippen LogP contribution in [0.3, 0.4) is 0 Å². The van der Waals surface area contributed by atoms with Gasteiger partial charge in [0.15, 0.2) is 5.75 Å². The zero-order chi connectivity index (χ0) is 13.1. The van der Waals surface area contributed by atoms with Crippen molar-refractivity contribution in [2.45, 2.75) is 6.92 Å². The number of hydrogen-bond acceptors (Lipinski definition) is 4. The van der Waals surface area contributed by atoms with Crippen molar-refractivity contribution in [3.8, 4) is 5.75 Å². The van der Waals surface area contributed by atoms with E-state index in [2.05, 4.69) is 26.2 Å². The summed E-state index contributed by atoms with van der Waals surface area (Å²) in [5, 5.41) is 2.73. The number of pyridine rings is 1. The second-order valence-electron chi connectivity index (χ2n) is 3.50. The van der Waals surface area contributed by atoms with Crippen LogP contribution in [0.2, 0.25) is 0 Å². The van der Waals surface area contributed by atoms with E-state index in [9.17, 15) is 4.79 Å². The molecule has 0 saturated heterocycles. The highest BCUT2D eigenvalue weighted by atomic mass is 79.9. The summed E-state index contributed by atoms with van der Waals surface area (Å²) in [6.07, 6.45) is 1.63. The summed E-state index contributed by atoms with van der Waals surface area (Å²) >= 11 is 4.79. The lowest BCUT2D eigenvalue weighted by molar-refractivity contribution is 0.102. The summed E-state index contributed by atoms with van der Waals surface area (Å²) in [7, 11) is 1.55. The van der Waals surface area contributed by atoms with E-state index in [1.54, 1.807) is 25.4 Å². The summed E-state index contributed by atoms with van der Waals surface area (Å²) in [4.78, 5) is 17.7. The van der Waals surface area contributed by atoms with Crippen molar-refractivity contribution >= 4 is 39.0 Å². The Balaban J connectivity index is 2.27. The number of aryl methyl sites for hydroxylation is 1. The van der Waals surface area contributed by atoms with Crippen LogP contribution in [0.4, 0.5) is 5.82 Å². The molecule has 2 aromatic rings. The number of anilines is 1. The van der Waals surface area contributed by atoms with Gasteiger partial charge < -0.3 is 10.1 Å². The molecule has 18 heavy (non-hydrogen) atoms. The number of hydrogen-bond donors (Lipinski definition) is 1. The fourth-order valence-corrected chi connectivity index (χ4v) is 3.09. The molecule has 6 heteroatoms. The maximum absolute atomic E-state index is 12.1. The van der Waals surface area contributed by atoms with Gasteiger partial charge in [0.2, 0.25) is 0 Å². The SMILES string of the molecule is COc1c(C(=O)Nc2ccccn2)sc(C)c1Br. The minimum Gasteiger partial charge on any atom is -0.494 e. The number of methoxy groups -OCH3 is 1. The first-order valence-corrected chi connectivity index (χ1v) is 6.79. The first-order chi connectivity index (χ1) is 8.63. The van der Waals surface area contributed by atoms with Gasteiger partial charge in [-0.25, -0.2) is 4.98 Å². The third-order valence-electron chi connectivity index (χ3n) is 2.29. The minimum atomic E-state index is -0.218. The van der Waals surface area contributed by atoms with Gasteiger partial charge in [-0.1, -0.05) is 6.07 Å². The van der Waals surface area contributed by atoms with E-state index in [0.717, 1.165) is 9.35 Å². The average molecular weight is 327 g/mol. The Morgan fingerprint density at radius 1 is 1.50 bits per heavy atom. The van der Waals surface area contributed by atoms with E-state index >= 15 is 0 Å². The number of rotatable bonds is 3. The topological polar surface area (TPSA) is 51.2 Å². The smallest absolute Gasteiger partial charge is 0.270 e. The van der Waals surface area contributed by atoms with Crippen LogP contribution in [0.1, 0.15) is 14.5 Å². The number of ether oxygens (including phenoxy) is 1. The summed E-state index contributed by atoms with van der Waals surface area (Å²) < 4.78 is 6.06. The molecule has 0 aliphatic heterocycles. The highest BCUT2D eigenvalue weighted by Crippen LogP contribution is 2.39. The predicted molar refractivity (Wildman–Crippen MR) is 75.5 cm³/mol. The van der Waals surface area contributed by atoms with Gasteiger partial charge in [0.05, 0.1) is 11.6 Å². The number of aromatic nitrogens is 1. The number of nitrogens with zero attached hydrogens (tertiary/aromatic N) is 1. The van der Waals surface area contributed by atoms with Gasteiger partial charge in [-0.05, 0) is 35.0 Å². The Kier molecular flexibility index (Phi) is 3.98. The number of carbonyl (C=O) groups is 1. The van der Waals surface area contributed by atoms with Crippen LogP contribution in [-0.4, -0.2) is 18.0 Å². The Bertz CT molecular complexity index is 569. The molecule has 0 fully saturated rings. The van der Waals surface area contributed by atoms with Gasteiger partial charge in [0, 0.05) is 11.1 Å². The van der Waals surface area contributed by atoms with Gasteiger partial charge >= 0.3 is 0 Å². The molecule has 0 aliphatic rings. The number of carbonyl (C=O) groups excluding carboxylic acids is 1. The maximum Gasteiger partial charge on any atom is 0.270 e. The third-order valence-corrected chi connectivity index (χ3v) is 4.59. The van der Waals surface area contributed by atoms with Crippen molar-refractivity contribution < 1.29 is 9.53 Å². The summed E-state index contributed by atoms with van der Waals surface area (Å²) in [5.41, 5.74) is 0. The fraction of sp³-hybridized carbons (Fsp3) is 0.167. The predicted octanol–water partition coefficient (Wildman–Crippen LogP) is 3.47. The molecule has 0 bridgehead atoms. The van der Waals surface area contributed by atoms with Crippen molar-refractivity contribution in [1.29, 1.82) is 0 Å². The van der Waals surface area contributed by atoms with Crippen LogP contribution in [0, 0.1) is 6.92 Å². The number of thiophene rings is 1. The molecule has 2 rings (SSSR count). The van der Waals surface area contributed by atoms with Crippen molar-refractivity contribution in [1.82, 2.24) is 4.98 Å². The van der Waals surface area contributed by atoms with Crippen molar-refractivity contribution in [2.75, 3.05) is 12.4 Å². The lowest BCUT2D eigenvalue weighted by Gasteiger charge is -2.04. The highest BCUT2D eigenvalue weighted by molar-refractivity contribution is 9.10. The van der Waals surface area contributed by atoms with Crippen LogP contribution in [-0.2, 0) is 0 Å². The molecule has 1 amide bonds. The molecule has 0 unspecified atom stereocenters. The average Bonchev–Trinajstić information content (AvgIpc) is 2.67. The Morgan fingerprint density at radius 3 is 2.89 bits per heavy atom. The van der Waals surface area contributed by atoms with E-state index in [1.807, 2.05) is 13.0 Å². The summed E-state index contributed by atoms with van der Waals surface area (Å²) in [5.74, 6) is 0.863. The maximum atomic E-state index is 12.1. The zero-order valence-corrected chi connectivity index (χ0v) is 12.3. The molecular weight excluding hydrogens is 316 g/mol. The third kappa shape index (κ3) is 2.54. The zero-order valence-electron chi connectivity index (χ0n) is 9.86. The molecule has 1 N–H and O–H groups in total. The molecule has 0 radical (unpaired) electrons. The van der Waals surface area contributed by atoms with E-state index in [-0.39, 0.29) is 5.91 Å². The number of nitrogens with one attached hydrogen (secondary N) is 1. The van der Waals surface area contributed by atoms with Gasteiger partial charge in [0.25, 0.3) is 5.91 Å². The van der Waals surface area contributed by atoms with Crippen LogP contribution in [0.15, 0.2) is 28.9 Å². The molecule has 94 valence electrons. The van der Waals surface area contributed by atoms with Gasteiger partial charge in [-0.3, -0.25) is 4.79 Å². The highest BCUT2D eigenvalue weighted by Gasteiger charge is 2.20. The van der Waals surface area contributed by atoms with Crippen molar-refractivity contribution in [3.63, 3.8) is 0 Å². The van der Waals surface area contributed by atoms with Crippen LogP contribution in [0.5, 0.6) is 5.75 Å². The molecule has 0 spiro atoms. The molecule has 0 aromatic carbocycles. The van der Waals surface area contributed by atoms with Crippen LogP contribution in [0.25, 0.3) is 0 Å². The Morgan fingerprint density at radius 2 is 2.28 bits per heavy atom. The molecule has 2 heterocycles. The van der Waals surface area contributed by atoms with Gasteiger partial charge in [0.1, 0.15) is 10.7 Å². The summed E-state index contributed by atoms with van der Waals surface area (Å²) in [6, 6.07) is 5.34. The second kappa shape index (κ2) is 5.49. The minimum absolute atomic E-state index is 0.218. The van der Waals surface area contributed by atoms with E-state index in [4.69, 9.17) is 4.74 Å². The molecule has 0 aliphatic carbocycles. The summed E-state index contributed by atoms with van der Waals surface area (Å²) in [6.45, 7) is 1.93. The van der Waals surface area contributed by atoms with E-state index in [0.29, 0.717) is 16.4 Å². The standard InChI is InChI=1S/C12H11BrN2O2S/c1-7-9(13)10(17-2)11(18-7)12(16)15-8-5-3-4-6-14-8/h3-6H,1-2H3,(H,14,15,16). The van der Waals surface area contributed by atoms with Gasteiger partial charge in [-0.15, -0.1) is 11.3 Å². The number of halogens is 1. The lowest BCUT2D eigenvalue weighted by Crippen LogP contribution is -2.12. The monoisotopic (exact) mass is 326 g/mol. The Hall–Kier alpha value is -1.40. The normalized spacial score (nSPS) is 10.2. The number of amides is 1. The molecule has 2 aromatic heterocycles. The van der Waals surface area contributed by atoms with Crippen molar-refractivity contribution in [3.05, 3.63) is 38.6 Å². The first kappa shape index (κ1) is 13.0. The van der Waals surface area contributed by atoms with Gasteiger partial charge in [-0.2, -0.15) is 0 Å². The van der Waals surface area contributed by atoms with E-state index in [1.165, 1.54) is 11.3 Å². The lowest BCUT2D eigenvalue weighted by atomic mass is 10.3. The van der Waals surface area contributed by atoms with Crippen molar-refractivity contribution in [2.24, 2.45) is 0 Å². The molecular formula is C12H11BrN2O2S. The van der Waals surface area contributed by atoms with Crippen LogP contribution >= 0.6 is 27.3 Å². The van der Waals surface area contributed by atoms with Crippen LogP contribution < -0.4 is 10.1 Å². The molecule has 4 nitrogen and oxygen atoms in total. The molecule has 0 atom stereocenters. The second-order valence-corrected chi connectivity index (χ2v) is 5.52. The first-order valence-electron chi connectivity index (χ1n) is 5.18. The Labute approximate surface area is 117 Å². The largest absolute Gasteiger partial charge is 0.494 e. The van der Waals surface area contributed by atoms with E-state index < -0.39 is 0 Å². The fourth-order valence-electron chi connectivity index (χ4n) is 1.45. The quantitative estimate of drug-likeness (QED) is 0.939.